The van der Waals surface area contributed by atoms with Gasteiger partial charge in [-0.15, -0.1) is 0 Å². The summed E-state index contributed by atoms with van der Waals surface area (Å²) in [5.74, 6) is -0.358. The topological polar surface area (TPSA) is 78.9 Å². The number of hydrogen-bond donors (Lipinski definition) is 2. The van der Waals surface area contributed by atoms with E-state index in [0.717, 1.165) is 10.2 Å². The minimum Gasteiger partial charge on any atom is -0.399 e. The molecule has 0 spiro atoms. The summed E-state index contributed by atoms with van der Waals surface area (Å²) in [6, 6.07) is 13.9. The van der Waals surface area contributed by atoms with Crippen LogP contribution in [0.4, 0.5) is 5.69 Å². The molecule has 3 rings (SSSR count). The highest BCUT2D eigenvalue weighted by atomic mass is 79.9. The highest BCUT2D eigenvalue weighted by Crippen LogP contribution is 2.37. The highest BCUT2D eigenvalue weighted by Gasteiger charge is 2.45. The molecule has 6 heteroatoms. The van der Waals surface area contributed by atoms with Gasteiger partial charge in [0, 0.05) is 33.4 Å². The normalized spacial score (nSPS) is 20.1. The van der Waals surface area contributed by atoms with Crippen molar-refractivity contribution in [2.24, 2.45) is 5.10 Å². The first-order chi connectivity index (χ1) is 11.4. The van der Waals surface area contributed by atoms with E-state index in [9.17, 15) is 9.90 Å². The molecule has 0 saturated carbocycles. The van der Waals surface area contributed by atoms with Crippen molar-refractivity contribution in [3.05, 3.63) is 64.1 Å². The molecule has 3 N–H and O–H groups in total. The first-order valence-electron chi connectivity index (χ1n) is 7.69. The predicted octanol–water partition coefficient (Wildman–Crippen LogP) is 3.49. The van der Waals surface area contributed by atoms with Crippen LogP contribution in [-0.2, 0) is 5.72 Å². The molecule has 0 radical (unpaired) electrons. The molecule has 1 amide bonds. The van der Waals surface area contributed by atoms with Gasteiger partial charge in [0.1, 0.15) is 0 Å². The molecule has 124 valence electrons. The summed E-state index contributed by atoms with van der Waals surface area (Å²) in [6.07, 6.45) is 0.968. The van der Waals surface area contributed by atoms with Crippen LogP contribution in [-0.4, -0.2) is 21.7 Å². The van der Waals surface area contributed by atoms with Gasteiger partial charge in [0.05, 0.1) is 0 Å². The van der Waals surface area contributed by atoms with Gasteiger partial charge in [0.25, 0.3) is 5.91 Å². The minimum absolute atomic E-state index is 0.297. The summed E-state index contributed by atoms with van der Waals surface area (Å²) in [7, 11) is 0. The third kappa shape index (κ3) is 2.95. The second kappa shape index (κ2) is 6.37. The van der Waals surface area contributed by atoms with Crippen LogP contribution >= 0.6 is 15.9 Å². The number of amides is 1. The van der Waals surface area contributed by atoms with E-state index in [4.69, 9.17) is 5.73 Å². The van der Waals surface area contributed by atoms with Gasteiger partial charge in [-0.1, -0.05) is 35.0 Å². The van der Waals surface area contributed by atoms with E-state index >= 15 is 0 Å². The van der Waals surface area contributed by atoms with Gasteiger partial charge >= 0.3 is 0 Å². The Bertz CT molecular complexity index is 787. The SMILES string of the molecule is CCC1=NN(C(=O)c2ccc(N)cc2)[C@](O)(c2ccc(Br)cc2)C1. The van der Waals surface area contributed by atoms with Gasteiger partial charge < -0.3 is 10.8 Å². The lowest BCUT2D eigenvalue weighted by atomic mass is 9.96. The number of rotatable bonds is 3. The van der Waals surface area contributed by atoms with E-state index in [2.05, 4.69) is 21.0 Å². The van der Waals surface area contributed by atoms with Crippen LogP contribution in [0.1, 0.15) is 35.7 Å². The molecule has 1 heterocycles. The summed E-state index contributed by atoms with van der Waals surface area (Å²) in [4.78, 5) is 12.9. The van der Waals surface area contributed by atoms with E-state index < -0.39 is 5.72 Å². The Morgan fingerprint density at radius 2 is 1.88 bits per heavy atom. The van der Waals surface area contributed by atoms with Crippen LogP contribution in [0.5, 0.6) is 0 Å². The molecule has 0 aliphatic carbocycles. The molecule has 5 nitrogen and oxygen atoms in total. The highest BCUT2D eigenvalue weighted by molar-refractivity contribution is 9.10. The smallest absolute Gasteiger partial charge is 0.276 e. The van der Waals surface area contributed by atoms with Crippen molar-refractivity contribution in [1.29, 1.82) is 0 Å². The first kappa shape index (κ1) is 16.7. The predicted molar refractivity (Wildman–Crippen MR) is 97.4 cm³/mol. The maximum atomic E-state index is 12.9. The van der Waals surface area contributed by atoms with E-state index in [1.54, 1.807) is 36.4 Å². The van der Waals surface area contributed by atoms with E-state index in [1.807, 2.05) is 19.1 Å². The standard InChI is InChI=1S/C18H18BrN3O2/c1-2-16-11-18(24,13-5-7-14(19)8-6-13)22(21-16)17(23)12-3-9-15(20)10-4-12/h3-10,24H,2,11,20H2,1H3/t18-/m1/s1. The lowest BCUT2D eigenvalue weighted by Gasteiger charge is -2.31. The zero-order chi connectivity index (χ0) is 17.3. The number of carbonyl (C=O) groups excluding carboxylic acids is 1. The second-order valence-corrected chi connectivity index (χ2v) is 6.67. The Morgan fingerprint density at radius 3 is 2.46 bits per heavy atom. The van der Waals surface area contributed by atoms with E-state index in [0.29, 0.717) is 29.7 Å². The number of nitrogens with two attached hydrogens (primary N) is 1. The largest absolute Gasteiger partial charge is 0.399 e. The Morgan fingerprint density at radius 1 is 1.25 bits per heavy atom. The maximum absolute atomic E-state index is 12.9. The third-order valence-corrected chi connectivity index (χ3v) is 4.64. The monoisotopic (exact) mass is 387 g/mol. The number of aliphatic hydroxyl groups is 1. The molecule has 2 aromatic carbocycles. The van der Waals surface area contributed by atoms with Crippen LogP contribution in [0, 0.1) is 0 Å². The number of nitrogens with zero attached hydrogens (tertiary/aromatic N) is 2. The van der Waals surface area contributed by atoms with Crippen LogP contribution in [0.3, 0.4) is 0 Å². The number of carbonyl (C=O) groups is 1. The molecular formula is C18H18BrN3O2. The van der Waals surface area contributed by atoms with Crippen molar-refractivity contribution in [1.82, 2.24) is 5.01 Å². The maximum Gasteiger partial charge on any atom is 0.276 e. The molecule has 0 aromatic heterocycles. The molecule has 0 unspecified atom stereocenters. The molecule has 0 fully saturated rings. The van der Waals surface area contributed by atoms with Crippen molar-refractivity contribution < 1.29 is 9.90 Å². The molecule has 0 saturated heterocycles. The lowest BCUT2D eigenvalue weighted by molar-refractivity contribution is -0.0765. The van der Waals surface area contributed by atoms with Gasteiger partial charge in [0.15, 0.2) is 5.72 Å². The summed E-state index contributed by atoms with van der Waals surface area (Å²) >= 11 is 3.38. The fraction of sp³-hybridized carbons (Fsp3) is 0.222. The molecular weight excluding hydrogens is 370 g/mol. The summed E-state index contributed by atoms with van der Waals surface area (Å²) < 4.78 is 0.904. The van der Waals surface area contributed by atoms with Crippen LogP contribution < -0.4 is 5.73 Å². The second-order valence-electron chi connectivity index (χ2n) is 5.76. The Hall–Kier alpha value is -2.18. The molecule has 0 bridgehead atoms. The van der Waals surface area contributed by atoms with Gasteiger partial charge in [-0.25, -0.2) is 0 Å². The molecule has 1 atom stereocenters. The summed E-state index contributed by atoms with van der Waals surface area (Å²) in [6.45, 7) is 1.96. The quantitative estimate of drug-likeness (QED) is 0.791. The zero-order valence-corrected chi connectivity index (χ0v) is 14.8. The van der Waals surface area contributed by atoms with Gasteiger partial charge in [0.2, 0.25) is 0 Å². The Kier molecular flexibility index (Phi) is 4.43. The van der Waals surface area contributed by atoms with E-state index in [1.165, 1.54) is 5.01 Å². The summed E-state index contributed by atoms with van der Waals surface area (Å²) in [5, 5.41) is 16.8. The lowest BCUT2D eigenvalue weighted by Crippen LogP contribution is -2.43. The minimum atomic E-state index is -1.48. The van der Waals surface area contributed by atoms with Gasteiger partial charge in [-0.2, -0.15) is 10.1 Å². The number of hydrazone groups is 1. The number of hydrogen-bond acceptors (Lipinski definition) is 4. The van der Waals surface area contributed by atoms with Crippen molar-refractivity contribution >= 4 is 33.2 Å². The number of benzene rings is 2. The molecule has 2 aromatic rings. The number of halogens is 1. The number of anilines is 1. The molecule has 24 heavy (non-hydrogen) atoms. The average molecular weight is 388 g/mol. The van der Waals surface area contributed by atoms with Crippen molar-refractivity contribution in [2.45, 2.75) is 25.5 Å². The fourth-order valence-corrected chi connectivity index (χ4v) is 2.98. The molecule has 1 aliphatic rings. The van der Waals surface area contributed by atoms with Crippen molar-refractivity contribution in [3.63, 3.8) is 0 Å². The Labute approximate surface area is 148 Å². The average Bonchev–Trinajstić information content (AvgIpc) is 2.93. The van der Waals surface area contributed by atoms with Crippen molar-refractivity contribution in [2.75, 3.05) is 5.73 Å². The van der Waals surface area contributed by atoms with Crippen LogP contribution in [0.15, 0.2) is 58.1 Å². The fourth-order valence-electron chi connectivity index (χ4n) is 2.72. The Balaban J connectivity index is 2.01. The van der Waals surface area contributed by atoms with Gasteiger partial charge in [-0.3, -0.25) is 4.79 Å². The first-order valence-corrected chi connectivity index (χ1v) is 8.48. The van der Waals surface area contributed by atoms with Crippen LogP contribution in [0.2, 0.25) is 0 Å². The molecule has 1 aliphatic heterocycles. The van der Waals surface area contributed by atoms with E-state index in [-0.39, 0.29) is 5.91 Å². The van der Waals surface area contributed by atoms with Crippen LogP contribution in [0.25, 0.3) is 0 Å². The van der Waals surface area contributed by atoms with Crippen molar-refractivity contribution in [3.8, 4) is 0 Å². The van der Waals surface area contributed by atoms with Gasteiger partial charge in [-0.05, 0) is 42.8 Å². The zero-order valence-electron chi connectivity index (χ0n) is 13.2. The third-order valence-electron chi connectivity index (χ3n) is 4.11. The summed E-state index contributed by atoms with van der Waals surface area (Å²) in [5.41, 5.74) is 6.61. The number of nitrogen functional groups attached to an aromatic ring is 1.